The second-order valence-electron chi connectivity index (χ2n) is 3.25. The molecule has 0 nitrogen and oxygen atoms in total. The fourth-order valence-corrected chi connectivity index (χ4v) is 3.12. The number of thioether (sulfide) groups is 1. The lowest BCUT2D eigenvalue weighted by Gasteiger charge is -2.15. The zero-order valence-electron chi connectivity index (χ0n) is 7.11. The Morgan fingerprint density at radius 2 is 1.85 bits per heavy atom. The third-order valence-electron chi connectivity index (χ3n) is 2.14. The highest BCUT2D eigenvalue weighted by Gasteiger charge is 2.37. The number of halogens is 4. The average molecular weight is 277 g/mol. The smallest absolute Gasteiger partial charge is 0.170 e. The molecule has 0 amide bonds. The van der Waals surface area contributed by atoms with E-state index in [2.05, 4.69) is 15.9 Å². The van der Waals surface area contributed by atoms with Crippen molar-refractivity contribution in [2.24, 2.45) is 0 Å². The van der Waals surface area contributed by atoms with E-state index in [0.717, 1.165) is 12.8 Å². The molecule has 0 bridgehead atoms. The Labute approximate surface area is 88.8 Å². The van der Waals surface area contributed by atoms with Gasteiger partial charge in [-0.15, -0.1) is 0 Å². The summed E-state index contributed by atoms with van der Waals surface area (Å²) in [7, 11) is 0. The SMILES string of the molecule is FC(F)(F)C(Br)CSC1CCCC1. The van der Waals surface area contributed by atoms with Crippen molar-refractivity contribution in [2.45, 2.75) is 41.9 Å². The van der Waals surface area contributed by atoms with Gasteiger partial charge < -0.3 is 0 Å². The highest BCUT2D eigenvalue weighted by Crippen LogP contribution is 2.34. The fraction of sp³-hybridized carbons (Fsp3) is 1.00. The maximum atomic E-state index is 12.1. The number of hydrogen-bond acceptors (Lipinski definition) is 1. The first-order valence-corrected chi connectivity index (χ1v) is 6.29. The van der Waals surface area contributed by atoms with E-state index in [1.165, 1.54) is 24.6 Å². The van der Waals surface area contributed by atoms with Crippen molar-refractivity contribution in [1.82, 2.24) is 0 Å². The molecular weight excluding hydrogens is 265 g/mol. The van der Waals surface area contributed by atoms with Crippen LogP contribution in [0.15, 0.2) is 0 Å². The van der Waals surface area contributed by atoms with Gasteiger partial charge in [-0.3, -0.25) is 0 Å². The molecule has 5 heteroatoms. The number of hydrogen-bond donors (Lipinski definition) is 0. The molecule has 0 spiro atoms. The van der Waals surface area contributed by atoms with Gasteiger partial charge in [-0.05, 0) is 12.8 Å². The van der Waals surface area contributed by atoms with E-state index in [4.69, 9.17) is 0 Å². The summed E-state index contributed by atoms with van der Waals surface area (Å²) >= 11 is 4.11. The first-order valence-electron chi connectivity index (χ1n) is 4.32. The third kappa shape index (κ3) is 4.11. The lowest BCUT2D eigenvalue weighted by molar-refractivity contribution is -0.122. The monoisotopic (exact) mass is 276 g/mol. The number of rotatable bonds is 3. The standard InChI is InChI=1S/C8H12BrF3S/c9-7(8(10,11)12)5-13-6-3-1-2-4-6/h6-7H,1-5H2. The van der Waals surface area contributed by atoms with Gasteiger partial charge >= 0.3 is 6.18 Å². The van der Waals surface area contributed by atoms with Gasteiger partial charge in [-0.1, -0.05) is 28.8 Å². The minimum Gasteiger partial charge on any atom is -0.170 e. The van der Waals surface area contributed by atoms with Crippen LogP contribution in [0.4, 0.5) is 13.2 Å². The second-order valence-corrected chi connectivity index (χ2v) is 5.69. The van der Waals surface area contributed by atoms with Crippen molar-refractivity contribution < 1.29 is 13.2 Å². The average Bonchev–Trinajstić information content (AvgIpc) is 2.50. The van der Waals surface area contributed by atoms with Crippen molar-refractivity contribution in [3.8, 4) is 0 Å². The van der Waals surface area contributed by atoms with Crippen LogP contribution in [0.1, 0.15) is 25.7 Å². The largest absolute Gasteiger partial charge is 0.402 e. The van der Waals surface area contributed by atoms with E-state index in [1.54, 1.807) is 0 Å². The van der Waals surface area contributed by atoms with Crippen LogP contribution >= 0.6 is 27.7 Å². The molecule has 1 atom stereocenters. The van der Waals surface area contributed by atoms with Gasteiger partial charge in [0.2, 0.25) is 0 Å². The highest BCUT2D eigenvalue weighted by molar-refractivity contribution is 9.09. The van der Waals surface area contributed by atoms with Gasteiger partial charge in [0.15, 0.2) is 0 Å². The molecule has 0 aromatic carbocycles. The molecule has 1 aliphatic rings. The molecule has 0 aromatic rings. The molecule has 1 saturated carbocycles. The molecule has 1 unspecified atom stereocenters. The molecule has 0 saturated heterocycles. The van der Waals surface area contributed by atoms with Crippen LogP contribution < -0.4 is 0 Å². The van der Waals surface area contributed by atoms with Crippen LogP contribution in [0.3, 0.4) is 0 Å². The molecule has 1 aliphatic carbocycles. The topological polar surface area (TPSA) is 0 Å². The summed E-state index contributed by atoms with van der Waals surface area (Å²) in [5.74, 6) is 0.147. The zero-order valence-corrected chi connectivity index (χ0v) is 9.51. The van der Waals surface area contributed by atoms with Crippen LogP contribution in [0.2, 0.25) is 0 Å². The first kappa shape index (κ1) is 11.7. The Morgan fingerprint density at radius 3 is 2.31 bits per heavy atom. The zero-order chi connectivity index (χ0) is 9.90. The van der Waals surface area contributed by atoms with Crippen molar-refractivity contribution >= 4 is 27.7 Å². The summed E-state index contributed by atoms with van der Waals surface area (Å²) in [6, 6.07) is 0. The molecule has 0 radical (unpaired) electrons. The Morgan fingerprint density at radius 1 is 1.31 bits per heavy atom. The van der Waals surface area contributed by atoms with Crippen LogP contribution in [0, 0.1) is 0 Å². The predicted octanol–water partition coefficient (Wildman–Crippen LogP) is 3.99. The van der Waals surface area contributed by atoms with E-state index >= 15 is 0 Å². The summed E-state index contributed by atoms with van der Waals surface area (Å²) in [6.45, 7) is 0. The van der Waals surface area contributed by atoms with Gasteiger partial charge in [0.1, 0.15) is 4.83 Å². The Bertz CT molecular complexity index is 154. The molecule has 1 fully saturated rings. The summed E-state index contributed by atoms with van der Waals surface area (Å²) in [5.41, 5.74) is 0. The van der Waals surface area contributed by atoms with Gasteiger partial charge in [0, 0.05) is 11.0 Å². The normalized spacial score (nSPS) is 22.2. The Kier molecular flexibility index (Phi) is 4.42. The maximum absolute atomic E-state index is 12.1. The summed E-state index contributed by atoms with van der Waals surface area (Å²) < 4.78 is 36.2. The number of alkyl halides is 4. The maximum Gasteiger partial charge on any atom is 0.402 e. The molecular formula is C8H12BrF3S. The second kappa shape index (κ2) is 4.91. The van der Waals surface area contributed by atoms with Gasteiger partial charge in [0.05, 0.1) is 0 Å². The molecule has 0 aromatic heterocycles. The van der Waals surface area contributed by atoms with Gasteiger partial charge in [0.25, 0.3) is 0 Å². The Hall–Kier alpha value is 0.620. The summed E-state index contributed by atoms with van der Waals surface area (Å²) in [5, 5.41) is 0.461. The minimum absolute atomic E-state index is 0.147. The lowest BCUT2D eigenvalue weighted by Crippen LogP contribution is -2.25. The molecule has 78 valence electrons. The van der Waals surface area contributed by atoms with E-state index in [9.17, 15) is 13.2 Å². The van der Waals surface area contributed by atoms with Crippen molar-refractivity contribution in [2.75, 3.05) is 5.75 Å². The first-order chi connectivity index (χ1) is 6.00. The van der Waals surface area contributed by atoms with E-state index in [0.29, 0.717) is 5.25 Å². The molecule has 1 rings (SSSR count). The molecule has 0 aliphatic heterocycles. The summed E-state index contributed by atoms with van der Waals surface area (Å²) in [6.07, 6.45) is 0.434. The third-order valence-corrected chi connectivity index (χ3v) is 4.88. The van der Waals surface area contributed by atoms with Crippen LogP contribution in [0.25, 0.3) is 0 Å². The van der Waals surface area contributed by atoms with Crippen LogP contribution in [-0.4, -0.2) is 22.0 Å². The fourth-order valence-electron chi connectivity index (χ4n) is 1.37. The quantitative estimate of drug-likeness (QED) is 0.703. The summed E-state index contributed by atoms with van der Waals surface area (Å²) in [4.78, 5) is -1.34. The minimum atomic E-state index is -4.09. The van der Waals surface area contributed by atoms with Crippen molar-refractivity contribution in [3.05, 3.63) is 0 Å². The van der Waals surface area contributed by atoms with Crippen LogP contribution in [0.5, 0.6) is 0 Å². The lowest BCUT2D eigenvalue weighted by atomic mass is 10.4. The Balaban J connectivity index is 2.17. The van der Waals surface area contributed by atoms with Crippen molar-refractivity contribution in [3.63, 3.8) is 0 Å². The van der Waals surface area contributed by atoms with E-state index < -0.39 is 11.0 Å². The molecule has 0 N–H and O–H groups in total. The van der Waals surface area contributed by atoms with Crippen LogP contribution in [-0.2, 0) is 0 Å². The van der Waals surface area contributed by atoms with Gasteiger partial charge in [-0.25, -0.2) is 0 Å². The highest BCUT2D eigenvalue weighted by atomic mass is 79.9. The predicted molar refractivity (Wildman–Crippen MR) is 53.5 cm³/mol. The van der Waals surface area contributed by atoms with Crippen molar-refractivity contribution in [1.29, 1.82) is 0 Å². The molecule has 0 heterocycles. The van der Waals surface area contributed by atoms with E-state index in [-0.39, 0.29) is 5.75 Å². The van der Waals surface area contributed by atoms with E-state index in [1.807, 2.05) is 0 Å². The van der Waals surface area contributed by atoms with Gasteiger partial charge in [-0.2, -0.15) is 24.9 Å². The molecule has 13 heavy (non-hydrogen) atoms.